The normalized spacial score (nSPS) is 11.4. The Kier molecular flexibility index (Phi) is 4.93. The number of furan rings is 1. The van der Waals surface area contributed by atoms with E-state index in [2.05, 4.69) is 14.9 Å². The number of hydrogen-bond acceptors (Lipinski definition) is 4. The molecule has 27 heavy (non-hydrogen) atoms. The number of benzene rings is 1. The first kappa shape index (κ1) is 18.6. The van der Waals surface area contributed by atoms with E-state index in [1.807, 2.05) is 6.92 Å². The van der Waals surface area contributed by atoms with Crippen molar-refractivity contribution in [2.24, 2.45) is 0 Å². The van der Waals surface area contributed by atoms with Crippen LogP contribution in [0.15, 0.2) is 46.9 Å². The SMILES string of the molecule is Cc1ccc(-c2cc(C(=O)N(C)Cc3ccc(OC(F)(F)F)cc3)n[nH]2)o1. The number of nitrogens with one attached hydrogen (secondary N) is 1. The molecule has 0 aliphatic rings. The zero-order valence-corrected chi connectivity index (χ0v) is 14.5. The number of aromatic amines is 1. The molecule has 142 valence electrons. The topological polar surface area (TPSA) is 71.4 Å². The van der Waals surface area contributed by atoms with E-state index in [0.717, 1.165) is 5.76 Å². The molecular weight excluding hydrogens is 363 g/mol. The van der Waals surface area contributed by atoms with Gasteiger partial charge in [-0.1, -0.05) is 12.1 Å². The molecule has 0 atom stereocenters. The highest BCUT2D eigenvalue weighted by molar-refractivity contribution is 5.93. The molecule has 0 radical (unpaired) electrons. The van der Waals surface area contributed by atoms with E-state index in [9.17, 15) is 18.0 Å². The molecular formula is C18H16F3N3O3. The molecule has 9 heteroatoms. The van der Waals surface area contributed by atoms with E-state index >= 15 is 0 Å². The average Bonchev–Trinajstić information content (AvgIpc) is 3.23. The summed E-state index contributed by atoms with van der Waals surface area (Å²) in [6.45, 7) is 2.01. The summed E-state index contributed by atoms with van der Waals surface area (Å²) in [4.78, 5) is 13.9. The molecule has 1 aromatic carbocycles. The Bertz CT molecular complexity index is 929. The van der Waals surface area contributed by atoms with Crippen molar-refractivity contribution >= 4 is 5.91 Å². The van der Waals surface area contributed by atoms with Crippen molar-refractivity contribution in [3.63, 3.8) is 0 Å². The number of nitrogens with zero attached hydrogens (tertiary/aromatic N) is 2. The van der Waals surface area contributed by atoms with Gasteiger partial charge in [0.25, 0.3) is 5.91 Å². The molecule has 0 unspecified atom stereocenters. The van der Waals surface area contributed by atoms with E-state index in [1.54, 1.807) is 25.2 Å². The lowest BCUT2D eigenvalue weighted by atomic mass is 10.2. The molecule has 0 aliphatic heterocycles. The van der Waals surface area contributed by atoms with Gasteiger partial charge >= 0.3 is 6.36 Å². The van der Waals surface area contributed by atoms with Crippen molar-refractivity contribution in [2.75, 3.05) is 7.05 Å². The van der Waals surface area contributed by atoms with E-state index in [4.69, 9.17) is 4.42 Å². The van der Waals surface area contributed by atoms with Crippen LogP contribution in [0.1, 0.15) is 21.8 Å². The second-order valence-corrected chi connectivity index (χ2v) is 5.93. The van der Waals surface area contributed by atoms with Gasteiger partial charge in [0.05, 0.1) is 0 Å². The number of alkyl halides is 3. The minimum absolute atomic E-state index is 0.202. The van der Waals surface area contributed by atoms with E-state index < -0.39 is 6.36 Å². The van der Waals surface area contributed by atoms with Gasteiger partial charge in [-0.25, -0.2) is 0 Å². The third kappa shape index (κ3) is 4.69. The lowest BCUT2D eigenvalue weighted by Crippen LogP contribution is -2.26. The number of aromatic nitrogens is 2. The quantitative estimate of drug-likeness (QED) is 0.723. The van der Waals surface area contributed by atoms with Crippen LogP contribution in [-0.2, 0) is 6.54 Å². The largest absolute Gasteiger partial charge is 0.573 e. The average molecular weight is 379 g/mol. The van der Waals surface area contributed by atoms with Crippen LogP contribution in [0.2, 0.25) is 0 Å². The van der Waals surface area contributed by atoms with Crippen LogP contribution in [-0.4, -0.2) is 34.4 Å². The van der Waals surface area contributed by atoms with Crippen LogP contribution in [0, 0.1) is 6.92 Å². The van der Waals surface area contributed by atoms with Gasteiger partial charge in [0.2, 0.25) is 0 Å². The molecule has 2 aromatic heterocycles. The molecule has 0 aliphatic carbocycles. The first-order valence-corrected chi connectivity index (χ1v) is 7.93. The summed E-state index contributed by atoms with van der Waals surface area (Å²) in [7, 11) is 1.58. The molecule has 0 saturated carbocycles. The zero-order valence-electron chi connectivity index (χ0n) is 14.5. The highest BCUT2D eigenvalue weighted by Crippen LogP contribution is 2.24. The Morgan fingerprint density at radius 3 is 2.52 bits per heavy atom. The number of carbonyl (C=O) groups excluding carboxylic acids is 1. The molecule has 3 aromatic rings. The molecule has 0 saturated heterocycles. The number of H-pyrrole nitrogens is 1. The summed E-state index contributed by atoms with van der Waals surface area (Å²) in [5.41, 5.74) is 1.44. The first-order valence-electron chi connectivity index (χ1n) is 7.93. The predicted octanol–water partition coefficient (Wildman–Crippen LogP) is 4.15. The predicted molar refractivity (Wildman–Crippen MR) is 89.9 cm³/mol. The number of aryl methyl sites for hydroxylation is 1. The van der Waals surface area contributed by atoms with Gasteiger partial charge in [0.15, 0.2) is 11.5 Å². The molecule has 0 spiro atoms. The van der Waals surface area contributed by atoms with Gasteiger partial charge < -0.3 is 14.1 Å². The summed E-state index contributed by atoms with van der Waals surface area (Å²) in [6.07, 6.45) is -4.74. The van der Waals surface area contributed by atoms with Gasteiger partial charge in [-0.05, 0) is 36.8 Å². The van der Waals surface area contributed by atoms with E-state index in [-0.39, 0.29) is 23.9 Å². The highest BCUT2D eigenvalue weighted by Gasteiger charge is 2.31. The van der Waals surface area contributed by atoms with Crippen LogP contribution >= 0.6 is 0 Å². The van der Waals surface area contributed by atoms with Crippen LogP contribution in [0.25, 0.3) is 11.5 Å². The third-order valence-electron chi connectivity index (χ3n) is 3.73. The van der Waals surface area contributed by atoms with Gasteiger partial charge in [-0.15, -0.1) is 13.2 Å². The Hall–Kier alpha value is -3.23. The maximum absolute atomic E-state index is 12.5. The monoisotopic (exact) mass is 379 g/mol. The second kappa shape index (κ2) is 7.18. The smallest absolute Gasteiger partial charge is 0.460 e. The lowest BCUT2D eigenvalue weighted by Gasteiger charge is -2.16. The molecule has 1 N–H and O–H groups in total. The summed E-state index contributed by atoms with van der Waals surface area (Å²) < 4.78 is 45.8. The summed E-state index contributed by atoms with van der Waals surface area (Å²) in [5, 5.41) is 6.75. The van der Waals surface area contributed by atoms with Crippen LogP contribution < -0.4 is 4.74 Å². The van der Waals surface area contributed by atoms with Crippen LogP contribution in [0.5, 0.6) is 5.75 Å². The number of hydrogen-bond donors (Lipinski definition) is 1. The van der Waals surface area contributed by atoms with Crippen molar-refractivity contribution in [1.29, 1.82) is 0 Å². The number of rotatable bonds is 5. The Balaban J connectivity index is 1.65. The fraction of sp³-hybridized carbons (Fsp3) is 0.222. The zero-order chi connectivity index (χ0) is 19.6. The molecule has 1 amide bonds. The van der Waals surface area contributed by atoms with Gasteiger partial charge in [-0.2, -0.15) is 5.10 Å². The van der Waals surface area contributed by atoms with E-state index in [1.165, 1.54) is 29.2 Å². The standard InChI is InChI=1S/C18H16F3N3O3/c1-11-3-8-16(26-11)14-9-15(23-22-14)17(25)24(2)10-12-4-6-13(7-5-12)27-18(19,20)21/h3-9H,10H2,1-2H3,(H,22,23). The molecule has 0 fully saturated rings. The second-order valence-electron chi connectivity index (χ2n) is 5.93. The van der Waals surface area contributed by atoms with Gasteiger partial charge in [0.1, 0.15) is 17.2 Å². The van der Waals surface area contributed by atoms with Crippen molar-refractivity contribution in [3.8, 4) is 17.2 Å². The Morgan fingerprint density at radius 2 is 1.93 bits per heavy atom. The number of amides is 1. The minimum atomic E-state index is -4.74. The number of halogens is 3. The Morgan fingerprint density at radius 1 is 1.22 bits per heavy atom. The van der Waals surface area contributed by atoms with Gasteiger partial charge in [0, 0.05) is 19.7 Å². The van der Waals surface area contributed by atoms with Gasteiger partial charge in [-0.3, -0.25) is 9.89 Å². The third-order valence-corrected chi connectivity index (χ3v) is 3.73. The van der Waals surface area contributed by atoms with Crippen LogP contribution in [0.3, 0.4) is 0 Å². The minimum Gasteiger partial charge on any atom is -0.460 e. The molecule has 6 nitrogen and oxygen atoms in total. The molecule has 3 rings (SSSR count). The van der Waals surface area contributed by atoms with Crippen molar-refractivity contribution in [2.45, 2.75) is 19.8 Å². The first-order chi connectivity index (χ1) is 12.7. The summed E-state index contributed by atoms with van der Waals surface area (Å²) in [6, 6.07) is 10.5. The summed E-state index contributed by atoms with van der Waals surface area (Å²) in [5.74, 6) is 0.659. The maximum Gasteiger partial charge on any atom is 0.573 e. The number of carbonyl (C=O) groups is 1. The van der Waals surface area contributed by atoms with Crippen molar-refractivity contribution < 1.29 is 27.1 Å². The Labute approximate surface area is 152 Å². The van der Waals surface area contributed by atoms with Crippen molar-refractivity contribution in [3.05, 3.63) is 59.5 Å². The fourth-order valence-corrected chi connectivity index (χ4v) is 2.47. The highest BCUT2D eigenvalue weighted by atomic mass is 19.4. The van der Waals surface area contributed by atoms with E-state index in [0.29, 0.717) is 17.0 Å². The van der Waals surface area contributed by atoms with Crippen molar-refractivity contribution in [1.82, 2.24) is 15.1 Å². The molecule has 0 bridgehead atoms. The maximum atomic E-state index is 12.5. The number of ether oxygens (including phenoxy) is 1. The molecule has 2 heterocycles. The lowest BCUT2D eigenvalue weighted by molar-refractivity contribution is -0.274. The fourth-order valence-electron chi connectivity index (χ4n) is 2.47. The van der Waals surface area contributed by atoms with Crippen LogP contribution in [0.4, 0.5) is 13.2 Å². The summed E-state index contributed by atoms with van der Waals surface area (Å²) >= 11 is 0.